The number of alkyl halides is 3. The normalized spacial score (nSPS) is 14.1. The molecule has 1 heterocycles. The van der Waals surface area contributed by atoms with Gasteiger partial charge in [-0.1, -0.05) is 42.5 Å². The highest BCUT2D eigenvalue weighted by molar-refractivity contribution is 7.92. The summed E-state index contributed by atoms with van der Waals surface area (Å²) in [5.41, 5.74) is -0.131. The number of sulfonamides is 1. The highest BCUT2D eigenvalue weighted by Crippen LogP contribution is 2.33. The Morgan fingerprint density at radius 1 is 0.885 bits per heavy atom. The third kappa shape index (κ3) is 10.2. The number of aromatic hydroxyl groups is 1. The Labute approximate surface area is 297 Å². The van der Waals surface area contributed by atoms with Crippen LogP contribution in [-0.2, 0) is 26.0 Å². The number of nitrogens with one attached hydrogen (secondary N) is 4. The summed E-state index contributed by atoms with van der Waals surface area (Å²) in [6, 6.07) is 21.5. The second-order valence-electron chi connectivity index (χ2n) is 11.9. The molecule has 1 fully saturated rings. The molecule has 0 radical (unpaired) electrons. The number of hydrogen-bond donors (Lipinski definition) is 5. The fourth-order valence-corrected chi connectivity index (χ4v) is 6.41. The van der Waals surface area contributed by atoms with Gasteiger partial charge in [0.2, 0.25) is 5.91 Å². The first-order valence-electron chi connectivity index (χ1n) is 16.1. The lowest BCUT2D eigenvalue weighted by Gasteiger charge is -2.25. The lowest BCUT2D eigenvalue weighted by molar-refractivity contribution is -0.189. The molecular formula is C36H35F3N4O8S. The van der Waals surface area contributed by atoms with Gasteiger partial charge in [-0.2, -0.15) is 13.2 Å². The summed E-state index contributed by atoms with van der Waals surface area (Å²) in [6.45, 7) is 1.88. The Morgan fingerprint density at radius 3 is 2.25 bits per heavy atom. The number of carbonyl (C=O) groups excluding carboxylic acids is 3. The number of phenols is 1. The van der Waals surface area contributed by atoms with Crippen LogP contribution in [0.25, 0.3) is 0 Å². The molecular weight excluding hydrogens is 705 g/mol. The number of esters is 1. The molecule has 4 aromatic carbocycles. The molecule has 16 heteroatoms. The number of amides is 2. The van der Waals surface area contributed by atoms with E-state index in [-0.39, 0.29) is 29.5 Å². The van der Waals surface area contributed by atoms with E-state index in [1.807, 2.05) is 0 Å². The van der Waals surface area contributed by atoms with Gasteiger partial charge >= 0.3 is 12.1 Å². The molecule has 1 atom stereocenters. The molecule has 0 aliphatic carbocycles. The van der Waals surface area contributed by atoms with Gasteiger partial charge in [-0.25, -0.2) is 13.2 Å². The van der Waals surface area contributed by atoms with Gasteiger partial charge in [0, 0.05) is 19.0 Å². The monoisotopic (exact) mass is 740 g/mol. The first kappa shape index (κ1) is 37.6. The first-order valence-corrected chi connectivity index (χ1v) is 17.6. The smallest absolute Gasteiger partial charge is 0.491 e. The standard InChI is InChI=1S/C36H35F3N4O8S/c37-36(38,39)35(47)51-32-21-27(52(48,49)43-29-8-4-5-9-31(29)50-26-6-2-1-3-7-26)14-15-28(32)33(45)42-30(20-23-10-12-25(44)13-11-23)34(46)41-22-24-16-18-40-19-17-24/h1-15,21,24,30,40,43-44H,16-20,22H2,(H,41,46)(H,42,45)/t30-/m0/s1. The molecule has 274 valence electrons. The summed E-state index contributed by atoms with van der Waals surface area (Å²) in [6.07, 6.45) is -3.94. The molecule has 1 saturated heterocycles. The van der Waals surface area contributed by atoms with Crippen LogP contribution in [0.15, 0.2) is 102 Å². The van der Waals surface area contributed by atoms with Gasteiger partial charge in [-0.3, -0.25) is 14.3 Å². The number of ether oxygens (including phenoxy) is 2. The topological polar surface area (TPSA) is 172 Å². The molecule has 1 aliphatic heterocycles. The van der Waals surface area contributed by atoms with Gasteiger partial charge in [0.15, 0.2) is 5.75 Å². The number of piperidine rings is 1. The first-order chi connectivity index (χ1) is 24.8. The van der Waals surface area contributed by atoms with Crippen LogP contribution in [0.4, 0.5) is 18.9 Å². The molecule has 1 aliphatic rings. The Balaban J connectivity index is 1.42. The van der Waals surface area contributed by atoms with Crippen LogP contribution < -0.4 is 30.1 Å². The molecule has 0 unspecified atom stereocenters. The summed E-state index contributed by atoms with van der Waals surface area (Å²) in [7, 11) is -4.59. The van der Waals surface area contributed by atoms with E-state index in [1.165, 1.54) is 42.5 Å². The van der Waals surface area contributed by atoms with Crippen molar-refractivity contribution in [1.29, 1.82) is 0 Å². The fraction of sp³-hybridized carbons (Fsp3) is 0.250. The molecule has 0 saturated carbocycles. The van der Waals surface area contributed by atoms with Crippen molar-refractivity contribution >= 4 is 33.5 Å². The largest absolute Gasteiger partial charge is 0.508 e. The van der Waals surface area contributed by atoms with Crippen LogP contribution in [0.3, 0.4) is 0 Å². The van der Waals surface area contributed by atoms with Crippen molar-refractivity contribution in [3.05, 3.63) is 108 Å². The molecule has 12 nitrogen and oxygen atoms in total. The van der Waals surface area contributed by atoms with Gasteiger partial charge in [0.05, 0.1) is 16.1 Å². The van der Waals surface area contributed by atoms with E-state index >= 15 is 0 Å². The summed E-state index contributed by atoms with van der Waals surface area (Å²) in [5, 5.41) is 18.2. The maximum absolute atomic E-state index is 13.6. The molecule has 0 spiro atoms. The van der Waals surface area contributed by atoms with Gasteiger partial charge in [0.25, 0.3) is 15.9 Å². The molecule has 0 aromatic heterocycles. The van der Waals surface area contributed by atoms with E-state index in [9.17, 15) is 41.1 Å². The van der Waals surface area contributed by atoms with Gasteiger partial charge in [-0.05, 0) is 85.9 Å². The van der Waals surface area contributed by atoms with E-state index < -0.39 is 56.2 Å². The lowest BCUT2D eigenvalue weighted by atomic mass is 9.98. The molecule has 4 aromatic rings. The number of phenolic OH excluding ortho intramolecular Hbond substituents is 1. The van der Waals surface area contributed by atoms with Crippen LogP contribution in [0.5, 0.6) is 23.0 Å². The van der Waals surface area contributed by atoms with E-state index in [0.717, 1.165) is 38.1 Å². The minimum Gasteiger partial charge on any atom is -0.508 e. The Kier molecular flexibility index (Phi) is 12.0. The van der Waals surface area contributed by atoms with E-state index in [0.29, 0.717) is 23.9 Å². The van der Waals surface area contributed by atoms with Crippen molar-refractivity contribution in [3.8, 4) is 23.0 Å². The molecule has 5 N–H and O–H groups in total. The van der Waals surface area contributed by atoms with E-state index in [4.69, 9.17) is 4.74 Å². The Bertz CT molecular complexity index is 1990. The van der Waals surface area contributed by atoms with Crippen molar-refractivity contribution < 1.29 is 50.6 Å². The predicted octanol–water partition coefficient (Wildman–Crippen LogP) is 4.91. The minimum absolute atomic E-state index is 0.0189. The highest BCUT2D eigenvalue weighted by atomic mass is 32.2. The van der Waals surface area contributed by atoms with Crippen molar-refractivity contribution in [2.24, 2.45) is 5.92 Å². The fourth-order valence-electron chi connectivity index (χ4n) is 5.33. The van der Waals surface area contributed by atoms with E-state index in [1.54, 1.807) is 36.4 Å². The van der Waals surface area contributed by atoms with Crippen molar-refractivity contribution in [2.45, 2.75) is 36.4 Å². The van der Waals surface area contributed by atoms with Gasteiger partial charge in [0.1, 0.15) is 23.3 Å². The highest BCUT2D eigenvalue weighted by Gasteiger charge is 2.42. The summed E-state index contributed by atoms with van der Waals surface area (Å²) >= 11 is 0. The van der Waals surface area contributed by atoms with Crippen LogP contribution in [0, 0.1) is 5.92 Å². The maximum Gasteiger partial charge on any atom is 0.491 e. The molecule has 5 rings (SSSR count). The Morgan fingerprint density at radius 2 is 1.56 bits per heavy atom. The minimum atomic E-state index is -5.50. The van der Waals surface area contributed by atoms with Crippen LogP contribution in [0.2, 0.25) is 0 Å². The number of anilines is 1. The predicted molar refractivity (Wildman–Crippen MR) is 184 cm³/mol. The number of rotatable bonds is 13. The zero-order chi connectivity index (χ0) is 37.3. The van der Waals surface area contributed by atoms with Crippen LogP contribution in [-0.4, -0.2) is 63.2 Å². The number of para-hydroxylation sites is 3. The maximum atomic E-state index is 13.6. The van der Waals surface area contributed by atoms with Gasteiger partial charge in [-0.15, -0.1) is 0 Å². The summed E-state index contributed by atoms with van der Waals surface area (Å²) < 4.78 is 79.7. The zero-order valence-electron chi connectivity index (χ0n) is 27.5. The molecule has 52 heavy (non-hydrogen) atoms. The van der Waals surface area contributed by atoms with E-state index in [2.05, 4.69) is 25.4 Å². The summed E-state index contributed by atoms with van der Waals surface area (Å²) in [5.74, 6) is -4.78. The second-order valence-corrected chi connectivity index (χ2v) is 13.6. The van der Waals surface area contributed by atoms with Crippen molar-refractivity contribution in [1.82, 2.24) is 16.0 Å². The SMILES string of the molecule is O=C(N[C@@H](Cc1ccc(O)cc1)C(=O)NCC1CCNCC1)c1ccc(S(=O)(=O)Nc2ccccc2Oc2ccccc2)cc1OC(=O)C(F)(F)F. The van der Waals surface area contributed by atoms with Gasteiger partial charge < -0.3 is 30.5 Å². The average Bonchev–Trinajstić information content (AvgIpc) is 3.12. The number of halogens is 3. The second kappa shape index (κ2) is 16.6. The number of carbonyl (C=O) groups is 3. The zero-order valence-corrected chi connectivity index (χ0v) is 28.3. The quantitative estimate of drug-likeness (QED) is 0.0944. The van der Waals surface area contributed by atoms with Crippen LogP contribution >= 0.6 is 0 Å². The number of hydrogen-bond acceptors (Lipinski definition) is 9. The summed E-state index contributed by atoms with van der Waals surface area (Å²) in [4.78, 5) is 38.4. The third-order valence-electron chi connectivity index (χ3n) is 8.07. The van der Waals surface area contributed by atoms with Crippen molar-refractivity contribution in [2.75, 3.05) is 24.4 Å². The molecule has 0 bridgehead atoms. The average molecular weight is 741 g/mol. The Hall–Kier alpha value is -5.61. The lowest BCUT2D eigenvalue weighted by Crippen LogP contribution is -2.49. The van der Waals surface area contributed by atoms with Crippen LogP contribution in [0.1, 0.15) is 28.8 Å². The van der Waals surface area contributed by atoms with Crippen molar-refractivity contribution in [3.63, 3.8) is 0 Å². The third-order valence-corrected chi connectivity index (χ3v) is 9.43. The number of benzene rings is 4. The molecule has 2 amide bonds.